The number of nitrogens with zero attached hydrogens (tertiary/aromatic N) is 1. The Kier molecular flexibility index (Phi) is 9.01. The number of hydrogen-bond donors (Lipinski definition) is 0. The van der Waals surface area contributed by atoms with E-state index in [1.54, 1.807) is 19.3 Å². The Hall–Kier alpha value is -2.34. The van der Waals surface area contributed by atoms with Crippen molar-refractivity contribution in [3.05, 3.63) is 29.8 Å². The van der Waals surface area contributed by atoms with Crippen molar-refractivity contribution >= 4 is 17.8 Å². The normalized spacial score (nSPS) is 17.5. The van der Waals surface area contributed by atoms with Crippen LogP contribution in [0.2, 0.25) is 0 Å². The maximum absolute atomic E-state index is 12.3. The molecule has 1 aliphatic rings. The van der Waals surface area contributed by atoms with Crippen LogP contribution < -0.4 is 9.47 Å². The molecule has 154 valence electrons. The number of rotatable bonds is 10. The molecule has 1 heterocycles. The molecule has 0 aromatic heterocycles. The van der Waals surface area contributed by atoms with Crippen LogP contribution in [0.4, 0.5) is 0 Å². The number of carbonyl (C=O) groups excluding carboxylic acids is 2. The summed E-state index contributed by atoms with van der Waals surface area (Å²) >= 11 is 0. The Balaban J connectivity index is 1.92. The second-order valence-corrected chi connectivity index (χ2v) is 6.69. The monoisotopic (exact) mass is 389 g/mol. The van der Waals surface area contributed by atoms with Crippen LogP contribution in [0, 0.1) is 0 Å². The van der Waals surface area contributed by atoms with E-state index in [2.05, 4.69) is 4.90 Å². The predicted octanol–water partition coefficient (Wildman–Crippen LogP) is 3.48. The number of piperidine rings is 1. The van der Waals surface area contributed by atoms with Crippen molar-refractivity contribution in [3.8, 4) is 11.5 Å². The SMILES string of the molecule is CCOC(=O)C1CCCCN1CCC(=O)C=Cc1ccc(OC)c(OCC)c1. The van der Waals surface area contributed by atoms with E-state index >= 15 is 0 Å². The molecule has 1 aliphatic heterocycles. The summed E-state index contributed by atoms with van der Waals surface area (Å²) in [4.78, 5) is 26.5. The highest BCUT2D eigenvalue weighted by Crippen LogP contribution is 2.28. The van der Waals surface area contributed by atoms with Crippen molar-refractivity contribution in [1.82, 2.24) is 4.90 Å². The Morgan fingerprint density at radius 1 is 1.18 bits per heavy atom. The van der Waals surface area contributed by atoms with Crippen LogP contribution in [-0.2, 0) is 14.3 Å². The number of ether oxygens (including phenoxy) is 3. The summed E-state index contributed by atoms with van der Waals surface area (Å²) in [5.74, 6) is 1.18. The summed E-state index contributed by atoms with van der Waals surface area (Å²) in [6.07, 6.45) is 6.61. The lowest BCUT2D eigenvalue weighted by atomic mass is 10.0. The first-order valence-corrected chi connectivity index (χ1v) is 10.0. The maximum atomic E-state index is 12.3. The first kappa shape index (κ1) is 22.0. The van der Waals surface area contributed by atoms with E-state index in [4.69, 9.17) is 14.2 Å². The number of ketones is 1. The second kappa shape index (κ2) is 11.5. The van der Waals surface area contributed by atoms with E-state index < -0.39 is 0 Å². The molecule has 28 heavy (non-hydrogen) atoms. The van der Waals surface area contributed by atoms with Crippen molar-refractivity contribution < 1.29 is 23.8 Å². The van der Waals surface area contributed by atoms with Crippen molar-refractivity contribution in [2.45, 2.75) is 45.6 Å². The van der Waals surface area contributed by atoms with E-state index in [0.717, 1.165) is 31.4 Å². The fourth-order valence-electron chi connectivity index (χ4n) is 3.36. The van der Waals surface area contributed by atoms with Gasteiger partial charge in [-0.25, -0.2) is 0 Å². The highest BCUT2D eigenvalue weighted by molar-refractivity contribution is 5.93. The molecule has 0 amide bonds. The van der Waals surface area contributed by atoms with E-state index in [-0.39, 0.29) is 17.8 Å². The summed E-state index contributed by atoms with van der Waals surface area (Å²) in [6, 6.07) is 5.34. The summed E-state index contributed by atoms with van der Waals surface area (Å²) in [6.45, 7) is 6.05. The average Bonchev–Trinajstić information content (AvgIpc) is 2.71. The van der Waals surface area contributed by atoms with Gasteiger partial charge >= 0.3 is 5.97 Å². The molecular formula is C22H31NO5. The minimum absolute atomic E-state index is 0.0296. The smallest absolute Gasteiger partial charge is 0.323 e. The molecule has 6 nitrogen and oxygen atoms in total. The molecule has 0 N–H and O–H groups in total. The third-order valence-corrected chi connectivity index (χ3v) is 4.77. The molecule has 1 aromatic rings. The van der Waals surface area contributed by atoms with Gasteiger partial charge in [0.05, 0.1) is 20.3 Å². The van der Waals surface area contributed by atoms with E-state index in [9.17, 15) is 9.59 Å². The minimum Gasteiger partial charge on any atom is -0.493 e. The Labute approximate surface area is 167 Å². The number of esters is 1. The van der Waals surface area contributed by atoms with Crippen molar-refractivity contribution in [3.63, 3.8) is 0 Å². The summed E-state index contributed by atoms with van der Waals surface area (Å²) < 4.78 is 16.0. The summed E-state index contributed by atoms with van der Waals surface area (Å²) in [5, 5.41) is 0. The molecule has 0 radical (unpaired) electrons. The molecule has 0 aliphatic carbocycles. The van der Waals surface area contributed by atoms with Gasteiger partial charge in [0.15, 0.2) is 17.3 Å². The van der Waals surface area contributed by atoms with Crippen LogP contribution in [0.3, 0.4) is 0 Å². The number of benzene rings is 1. The maximum Gasteiger partial charge on any atom is 0.323 e. The molecule has 1 saturated heterocycles. The van der Waals surface area contributed by atoms with Crippen LogP contribution in [0.25, 0.3) is 6.08 Å². The lowest BCUT2D eigenvalue weighted by Crippen LogP contribution is -2.46. The van der Waals surface area contributed by atoms with E-state index in [0.29, 0.717) is 37.7 Å². The first-order chi connectivity index (χ1) is 13.6. The van der Waals surface area contributed by atoms with Gasteiger partial charge in [-0.15, -0.1) is 0 Å². The van der Waals surface area contributed by atoms with Crippen LogP contribution >= 0.6 is 0 Å². The molecule has 1 atom stereocenters. The van der Waals surface area contributed by atoms with Crippen LogP contribution in [0.1, 0.15) is 45.1 Å². The Morgan fingerprint density at radius 3 is 2.71 bits per heavy atom. The van der Waals surface area contributed by atoms with Crippen molar-refractivity contribution in [2.24, 2.45) is 0 Å². The van der Waals surface area contributed by atoms with E-state index in [1.165, 1.54) is 0 Å². The number of likely N-dealkylation sites (tertiary alicyclic amines) is 1. The second-order valence-electron chi connectivity index (χ2n) is 6.69. The molecule has 0 spiro atoms. The third-order valence-electron chi connectivity index (χ3n) is 4.77. The molecule has 2 rings (SSSR count). The number of methoxy groups -OCH3 is 1. The fourth-order valence-corrected chi connectivity index (χ4v) is 3.36. The van der Waals surface area contributed by atoms with Crippen LogP contribution in [-0.4, -0.2) is 56.1 Å². The van der Waals surface area contributed by atoms with Gasteiger partial charge in [0, 0.05) is 13.0 Å². The molecular weight excluding hydrogens is 358 g/mol. The van der Waals surface area contributed by atoms with Gasteiger partial charge in [0.1, 0.15) is 6.04 Å². The molecule has 0 saturated carbocycles. The van der Waals surface area contributed by atoms with Gasteiger partial charge in [0.2, 0.25) is 0 Å². The van der Waals surface area contributed by atoms with Gasteiger partial charge in [0.25, 0.3) is 0 Å². The first-order valence-electron chi connectivity index (χ1n) is 10.0. The van der Waals surface area contributed by atoms with Gasteiger partial charge in [-0.1, -0.05) is 18.6 Å². The number of hydrogen-bond acceptors (Lipinski definition) is 6. The van der Waals surface area contributed by atoms with Gasteiger partial charge < -0.3 is 14.2 Å². The van der Waals surface area contributed by atoms with Crippen LogP contribution in [0.15, 0.2) is 24.3 Å². The van der Waals surface area contributed by atoms with Crippen LogP contribution in [0.5, 0.6) is 11.5 Å². The zero-order valence-electron chi connectivity index (χ0n) is 17.1. The molecule has 1 aromatic carbocycles. The zero-order valence-corrected chi connectivity index (χ0v) is 17.1. The minimum atomic E-state index is -0.221. The van der Waals surface area contributed by atoms with Gasteiger partial charge in [-0.2, -0.15) is 0 Å². The highest BCUT2D eigenvalue weighted by atomic mass is 16.5. The lowest BCUT2D eigenvalue weighted by molar-refractivity contribution is -0.151. The van der Waals surface area contributed by atoms with Gasteiger partial charge in [-0.05, 0) is 57.0 Å². The largest absolute Gasteiger partial charge is 0.493 e. The molecule has 1 fully saturated rings. The van der Waals surface area contributed by atoms with Crippen molar-refractivity contribution in [2.75, 3.05) is 33.4 Å². The zero-order chi connectivity index (χ0) is 20.4. The molecule has 1 unspecified atom stereocenters. The molecule has 6 heteroatoms. The summed E-state index contributed by atoms with van der Waals surface area (Å²) in [5.41, 5.74) is 0.875. The quantitative estimate of drug-likeness (QED) is 0.451. The topological polar surface area (TPSA) is 65.1 Å². The van der Waals surface area contributed by atoms with Gasteiger partial charge in [-0.3, -0.25) is 14.5 Å². The standard InChI is InChI=1S/C22H31NO5/c1-4-27-21-16-17(10-12-20(21)26-3)9-11-18(24)13-15-23-14-7-6-8-19(23)22(25)28-5-2/h9-12,16,19H,4-8,13-15H2,1-3H3. The lowest BCUT2D eigenvalue weighted by Gasteiger charge is -2.33. The Bertz CT molecular complexity index is 686. The highest BCUT2D eigenvalue weighted by Gasteiger charge is 2.29. The predicted molar refractivity (Wildman–Crippen MR) is 109 cm³/mol. The van der Waals surface area contributed by atoms with Crippen molar-refractivity contribution in [1.29, 1.82) is 0 Å². The Morgan fingerprint density at radius 2 is 2.00 bits per heavy atom. The average molecular weight is 389 g/mol. The fraction of sp³-hybridized carbons (Fsp3) is 0.545. The molecule has 0 bridgehead atoms. The number of allylic oxidation sites excluding steroid dienone is 1. The summed E-state index contributed by atoms with van der Waals surface area (Å²) in [7, 11) is 1.60. The third kappa shape index (κ3) is 6.37. The number of carbonyl (C=O) groups is 2. The van der Waals surface area contributed by atoms with E-state index in [1.807, 2.05) is 32.0 Å².